The zero-order chi connectivity index (χ0) is 19.7. The number of rotatable bonds is 6. The lowest BCUT2D eigenvalue weighted by molar-refractivity contribution is -0.141. The lowest BCUT2D eigenvalue weighted by Crippen LogP contribution is -2.73. The number of nitrogens with one attached hydrogen (secondary N) is 2. The summed E-state index contributed by atoms with van der Waals surface area (Å²) in [6.07, 6.45) is 4.64. The van der Waals surface area contributed by atoms with Crippen LogP contribution < -0.4 is 10.6 Å². The van der Waals surface area contributed by atoms with Gasteiger partial charge in [0.05, 0.1) is 13.1 Å². The summed E-state index contributed by atoms with van der Waals surface area (Å²) in [5.41, 5.74) is 0.587. The topological polar surface area (TPSA) is 64.7 Å². The van der Waals surface area contributed by atoms with Gasteiger partial charge in [0.25, 0.3) is 0 Å². The van der Waals surface area contributed by atoms with E-state index in [1.165, 1.54) is 31.0 Å². The molecule has 28 heavy (non-hydrogen) atoms. The van der Waals surface area contributed by atoms with Gasteiger partial charge in [-0.15, -0.1) is 0 Å². The van der Waals surface area contributed by atoms with Gasteiger partial charge in [-0.05, 0) is 31.0 Å². The van der Waals surface area contributed by atoms with Gasteiger partial charge in [-0.2, -0.15) is 0 Å². The maximum atomic E-state index is 13.3. The van der Waals surface area contributed by atoms with Crippen LogP contribution in [0.4, 0.5) is 10.1 Å². The molecule has 1 aliphatic carbocycles. The third-order valence-electron chi connectivity index (χ3n) is 5.84. The molecule has 0 aromatic heterocycles. The van der Waals surface area contributed by atoms with Crippen LogP contribution in [0.25, 0.3) is 0 Å². The van der Waals surface area contributed by atoms with Crippen molar-refractivity contribution in [1.82, 2.24) is 15.1 Å². The van der Waals surface area contributed by atoms with Crippen LogP contribution in [-0.4, -0.2) is 66.9 Å². The van der Waals surface area contributed by atoms with E-state index >= 15 is 0 Å². The molecule has 1 saturated carbocycles. The fraction of sp³-hybridized carbons (Fsp3) is 0.600. The van der Waals surface area contributed by atoms with Crippen molar-refractivity contribution in [2.24, 2.45) is 5.41 Å². The number of likely N-dealkylation sites (tertiary alicyclic amines) is 2. The second-order valence-corrected chi connectivity index (χ2v) is 8.98. The lowest BCUT2D eigenvalue weighted by atomic mass is 9.73. The molecule has 2 amide bonds. The smallest absolute Gasteiger partial charge is 0.238 e. The maximum absolute atomic E-state index is 13.3. The minimum atomic E-state index is -0.475. The van der Waals surface area contributed by atoms with Gasteiger partial charge in [-0.1, -0.05) is 24.4 Å². The van der Waals surface area contributed by atoms with Gasteiger partial charge in [0.1, 0.15) is 5.82 Å². The zero-order valence-corrected chi connectivity index (χ0v) is 16.6. The van der Waals surface area contributed by atoms with E-state index in [1.807, 2.05) is 0 Å². The largest absolute Gasteiger partial charge is 0.352 e. The molecule has 0 unspecified atom stereocenters. The second-order valence-electron chi connectivity index (χ2n) is 8.55. The molecule has 3 aliphatic rings. The fourth-order valence-corrected chi connectivity index (χ4v) is 5.03. The van der Waals surface area contributed by atoms with E-state index in [2.05, 4.69) is 20.4 Å². The number of anilines is 1. The summed E-state index contributed by atoms with van der Waals surface area (Å²) < 4.78 is 13.3. The highest BCUT2D eigenvalue weighted by atomic mass is 35.5. The molecule has 152 valence electrons. The maximum Gasteiger partial charge on any atom is 0.238 e. The van der Waals surface area contributed by atoms with Crippen molar-refractivity contribution < 1.29 is 14.0 Å². The summed E-state index contributed by atoms with van der Waals surface area (Å²) in [5.74, 6) is -0.521. The minimum Gasteiger partial charge on any atom is -0.352 e. The number of halogens is 2. The quantitative estimate of drug-likeness (QED) is 0.756. The van der Waals surface area contributed by atoms with Crippen LogP contribution in [0, 0.1) is 11.2 Å². The molecular formula is C20H26ClFN4O2. The van der Waals surface area contributed by atoms with E-state index in [-0.39, 0.29) is 28.8 Å². The molecule has 0 radical (unpaired) electrons. The molecule has 2 saturated heterocycles. The summed E-state index contributed by atoms with van der Waals surface area (Å²) in [5, 5.41) is 6.07. The molecule has 0 atom stereocenters. The van der Waals surface area contributed by atoms with Crippen LogP contribution in [0.1, 0.15) is 25.7 Å². The fourth-order valence-electron chi connectivity index (χ4n) is 4.80. The summed E-state index contributed by atoms with van der Waals surface area (Å²) in [6, 6.07) is 4.35. The summed E-state index contributed by atoms with van der Waals surface area (Å²) >= 11 is 5.80. The van der Waals surface area contributed by atoms with Crippen LogP contribution >= 0.6 is 11.6 Å². The molecule has 1 aromatic rings. The molecule has 2 heterocycles. The van der Waals surface area contributed by atoms with E-state index in [0.29, 0.717) is 18.3 Å². The summed E-state index contributed by atoms with van der Waals surface area (Å²) in [7, 11) is 0. The Bertz CT molecular complexity index is 734. The Morgan fingerprint density at radius 3 is 2.25 bits per heavy atom. The van der Waals surface area contributed by atoms with E-state index in [1.54, 1.807) is 0 Å². The van der Waals surface area contributed by atoms with Crippen molar-refractivity contribution in [2.45, 2.75) is 31.7 Å². The molecule has 8 heteroatoms. The van der Waals surface area contributed by atoms with Crippen molar-refractivity contribution in [2.75, 3.05) is 44.6 Å². The van der Waals surface area contributed by atoms with Gasteiger partial charge >= 0.3 is 0 Å². The summed E-state index contributed by atoms with van der Waals surface area (Å²) in [4.78, 5) is 28.5. The second kappa shape index (κ2) is 7.97. The van der Waals surface area contributed by atoms with Gasteiger partial charge in [-0.25, -0.2) is 4.39 Å². The van der Waals surface area contributed by atoms with Gasteiger partial charge in [-0.3, -0.25) is 19.4 Å². The van der Waals surface area contributed by atoms with Gasteiger partial charge < -0.3 is 10.6 Å². The number of carbonyl (C=O) groups is 2. The van der Waals surface area contributed by atoms with Crippen LogP contribution in [0.15, 0.2) is 18.2 Å². The highest BCUT2D eigenvalue weighted by Gasteiger charge is 2.51. The first-order valence-corrected chi connectivity index (χ1v) is 10.3. The molecule has 1 spiro atoms. The van der Waals surface area contributed by atoms with Crippen LogP contribution in [0.5, 0.6) is 0 Å². The Morgan fingerprint density at radius 2 is 1.64 bits per heavy atom. The molecule has 0 bridgehead atoms. The number of hydrogen-bond acceptors (Lipinski definition) is 4. The van der Waals surface area contributed by atoms with Crippen molar-refractivity contribution in [1.29, 1.82) is 0 Å². The monoisotopic (exact) mass is 408 g/mol. The van der Waals surface area contributed by atoms with Crippen molar-refractivity contribution in [3.63, 3.8) is 0 Å². The Morgan fingerprint density at radius 1 is 1.04 bits per heavy atom. The number of carbonyl (C=O) groups excluding carboxylic acids is 2. The predicted molar refractivity (Wildman–Crippen MR) is 106 cm³/mol. The first kappa shape index (κ1) is 19.6. The molecular weight excluding hydrogens is 383 g/mol. The van der Waals surface area contributed by atoms with Gasteiger partial charge in [0.15, 0.2) is 0 Å². The first-order chi connectivity index (χ1) is 13.4. The molecule has 1 aromatic carbocycles. The van der Waals surface area contributed by atoms with Crippen LogP contribution in [-0.2, 0) is 9.59 Å². The van der Waals surface area contributed by atoms with E-state index in [0.717, 1.165) is 39.0 Å². The Labute approximate surface area is 169 Å². The minimum absolute atomic E-state index is 0.131. The van der Waals surface area contributed by atoms with Gasteiger partial charge in [0, 0.05) is 48.3 Å². The third kappa shape index (κ3) is 4.64. The average molecular weight is 409 g/mol. The molecule has 4 rings (SSSR count). The average Bonchev–Trinajstić information content (AvgIpc) is 3.02. The zero-order valence-electron chi connectivity index (χ0n) is 15.8. The van der Waals surface area contributed by atoms with E-state index < -0.39 is 5.82 Å². The SMILES string of the molecule is O=C(CN1CC2(C1)CN(CC(=O)NC1CCCC1)C2)Nc1cc(F)cc(Cl)c1. The first-order valence-electron chi connectivity index (χ1n) is 9.89. The third-order valence-corrected chi connectivity index (χ3v) is 6.06. The Hall–Kier alpha value is -1.70. The van der Waals surface area contributed by atoms with Gasteiger partial charge in [0.2, 0.25) is 11.8 Å². The van der Waals surface area contributed by atoms with Crippen molar-refractivity contribution in [3.05, 3.63) is 29.0 Å². The molecule has 3 fully saturated rings. The van der Waals surface area contributed by atoms with Crippen molar-refractivity contribution in [3.8, 4) is 0 Å². The van der Waals surface area contributed by atoms with Crippen molar-refractivity contribution >= 4 is 29.1 Å². The Kier molecular flexibility index (Phi) is 5.58. The summed E-state index contributed by atoms with van der Waals surface area (Å²) in [6.45, 7) is 4.26. The van der Waals surface area contributed by atoms with E-state index in [4.69, 9.17) is 11.6 Å². The Balaban J connectivity index is 1.14. The molecule has 2 aliphatic heterocycles. The van der Waals surface area contributed by atoms with Crippen LogP contribution in [0.3, 0.4) is 0 Å². The molecule has 2 N–H and O–H groups in total. The van der Waals surface area contributed by atoms with Crippen LogP contribution in [0.2, 0.25) is 5.02 Å². The number of nitrogens with zero attached hydrogens (tertiary/aromatic N) is 2. The highest BCUT2D eigenvalue weighted by molar-refractivity contribution is 6.30. The number of hydrogen-bond donors (Lipinski definition) is 2. The highest BCUT2D eigenvalue weighted by Crippen LogP contribution is 2.39. The number of benzene rings is 1. The van der Waals surface area contributed by atoms with E-state index in [9.17, 15) is 14.0 Å². The predicted octanol–water partition coefficient (Wildman–Crippen LogP) is 2.09. The standard InChI is InChI=1S/C20H26ClFN4O2/c21-14-5-15(22)7-17(6-14)24-19(28)9-26-12-20(13-26)10-25(11-20)8-18(27)23-16-3-1-2-4-16/h5-7,16H,1-4,8-13H2,(H,23,27)(H,24,28). The lowest BCUT2D eigenvalue weighted by Gasteiger charge is -2.60. The number of amides is 2. The molecule has 6 nitrogen and oxygen atoms in total. The normalized spacial score (nSPS) is 21.9.